The van der Waals surface area contributed by atoms with Crippen LogP contribution in [0.1, 0.15) is 65.7 Å². The molecule has 2 fully saturated rings. The minimum atomic E-state index is -0.0335. The first-order valence-electron chi connectivity index (χ1n) is 7.39. The van der Waals surface area contributed by atoms with Crippen molar-refractivity contribution in [3.8, 4) is 0 Å². The van der Waals surface area contributed by atoms with Gasteiger partial charge >= 0.3 is 0 Å². The third-order valence-corrected chi connectivity index (χ3v) is 5.38. The van der Waals surface area contributed by atoms with E-state index >= 15 is 0 Å². The second-order valence-corrected chi connectivity index (χ2v) is 6.80. The van der Waals surface area contributed by atoms with Gasteiger partial charge in [-0.2, -0.15) is 0 Å². The summed E-state index contributed by atoms with van der Waals surface area (Å²) in [7, 11) is 0. The van der Waals surface area contributed by atoms with Gasteiger partial charge in [0, 0.05) is 12.1 Å². The van der Waals surface area contributed by atoms with Crippen molar-refractivity contribution in [2.45, 2.75) is 76.9 Å². The minimum Gasteiger partial charge on any atom is -0.375 e. The fourth-order valence-corrected chi connectivity index (χ4v) is 3.57. The Labute approximate surface area is 106 Å². The van der Waals surface area contributed by atoms with Crippen LogP contribution in [0.4, 0.5) is 0 Å². The maximum absolute atomic E-state index is 6.57. The van der Waals surface area contributed by atoms with Crippen molar-refractivity contribution in [1.29, 1.82) is 0 Å². The van der Waals surface area contributed by atoms with Crippen LogP contribution in [0.25, 0.3) is 0 Å². The van der Waals surface area contributed by atoms with E-state index in [0.717, 1.165) is 13.0 Å². The van der Waals surface area contributed by atoms with Gasteiger partial charge in [0.2, 0.25) is 0 Å². The van der Waals surface area contributed by atoms with Crippen molar-refractivity contribution >= 4 is 0 Å². The molecule has 100 valence electrons. The van der Waals surface area contributed by atoms with Crippen LogP contribution in [-0.4, -0.2) is 17.7 Å². The first kappa shape index (κ1) is 13.4. The van der Waals surface area contributed by atoms with Gasteiger partial charge in [0.15, 0.2) is 0 Å². The molecule has 2 unspecified atom stereocenters. The van der Waals surface area contributed by atoms with Crippen LogP contribution in [0.5, 0.6) is 0 Å². The van der Waals surface area contributed by atoms with E-state index in [2.05, 4.69) is 20.8 Å². The Morgan fingerprint density at radius 2 is 1.88 bits per heavy atom. The van der Waals surface area contributed by atoms with E-state index in [1.54, 1.807) is 0 Å². The van der Waals surface area contributed by atoms with E-state index in [0.29, 0.717) is 11.8 Å². The normalized spacial score (nSPS) is 32.6. The number of nitrogens with two attached hydrogens (primary N) is 1. The molecule has 1 spiro atoms. The molecule has 0 radical (unpaired) electrons. The fourth-order valence-electron chi connectivity index (χ4n) is 3.57. The van der Waals surface area contributed by atoms with Crippen molar-refractivity contribution in [2.24, 2.45) is 17.6 Å². The lowest BCUT2D eigenvalue weighted by Gasteiger charge is -2.49. The van der Waals surface area contributed by atoms with Crippen molar-refractivity contribution in [3.63, 3.8) is 0 Å². The van der Waals surface area contributed by atoms with Crippen molar-refractivity contribution < 1.29 is 4.74 Å². The summed E-state index contributed by atoms with van der Waals surface area (Å²) in [5.74, 6) is 1.18. The number of rotatable bonds is 2. The Bertz CT molecular complexity index is 248. The topological polar surface area (TPSA) is 35.2 Å². The van der Waals surface area contributed by atoms with E-state index in [4.69, 9.17) is 10.5 Å². The zero-order valence-corrected chi connectivity index (χ0v) is 11.8. The van der Waals surface area contributed by atoms with Crippen LogP contribution in [0.15, 0.2) is 0 Å². The molecule has 0 bridgehead atoms. The number of ether oxygens (including phenoxy) is 1. The smallest absolute Gasteiger partial charge is 0.0685 e. The standard InChI is InChI=1S/C15H29NO/c1-12(2)14(3,16)13-7-10-17-15(11-13)8-5-4-6-9-15/h12-13H,4-11,16H2,1-3H3. The summed E-state index contributed by atoms with van der Waals surface area (Å²) in [6, 6.07) is 0. The molecule has 0 aromatic carbocycles. The zero-order chi connectivity index (χ0) is 12.5. The molecule has 1 saturated heterocycles. The third-order valence-electron chi connectivity index (χ3n) is 5.38. The van der Waals surface area contributed by atoms with E-state index < -0.39 is 0 Å². The molecule has 1 aliphatic heterocycles. The largest absolute Gasteiger partial charge is 0.375 e. The first-order valence-corrected chi connectivity index (χ1v) is 7.39. The summed E-state index contributed by atoms with van der Waals surface area (Å²) in [6.07, 6.45) is 8.94. The average Bonchev–Trinajstić information content (AvgIpc) is 2.30. The monoisotopic (exact) mass is 239 g/mol. The third kappa shape index (κ3) is 2.68. The van der Waals surface area contributed by atoms with E-state index in [9.17, 15) is 0 Å². The van der Waals surface area contributed by atoms with Crippen LogP contribution >= 0.6 is 0 Å². The van der Waals surface area contributed by atoms with Crippen LogP contribution in [0, 0.1) is 11.8 Å². The Balaban J connectivity index is 2.06. The van der Waals surface area contributed by atoms with Gasteiger partial charge in [-0.1, -0.05) is 33.1 Å². The second-order valence-electron chi connectivity index (χ2n) is 6.80. The van der Waals surface area contributed by atoms with E-state index in [-0.39, 0.29) is 11.1 Å². The van der Waals surface area contributed by atoms with Crippen molar-refractivity contribution in [1.82, 2.24) is 0 Å². The first-order chi connectivity index (χ1) is 7.96. The van der Waals surface area contributed by atoms with E-state index in [1.807, 2.05) is 0 Å². The van der Waals surface area contributed by atoms with Crippen molar-refractivity contribution in [2.75, 3.05) is 6.61 Å². The van der Waals surface area contributed by atoms with Gasteiger partial charge in [-0.25, -0.2) is 0 Å². The van der Waals surface area contributed by atoms with Gasteiger partial charge in [0.1, 0.15) is 0 Å². The van der Waals surface area contributed by atoms with Crippen molar-refractivity contribution in [3.05, 3.63) is 0 Å². The zero-order valence-electron chi connectivity index (χ0n) is 11.8. The highest BCUT2D eigenvalue weighted by Gasteiger charge is 2.44. The van der Waals surface area contributed by atoms with Gasteiger partial charge in [-0.15, -0.1) is 0 Å². The summed E-state index contributed by atoms with van der Waals surface area (Å²) >= 11 is 0. The SMILES string of the molecule is CC(C)C(C)(N)C1CCOC2(CCCCC2)C1. The number of hydrogen-bond acceptors (Lipinski definition) is 2. The highest BCUT2D eigenvalue weighted by molar-refractivity contribution is 4.98. The Morgan fingerprint density at radius 3 is 2.47 bits per heavy atom. The molecular formula is C15H29NO. The highest BCUT2D eigenvalue weighted by Crippen LogP contribution is 2.44. The summed E-state index contributed by atoms with van der Waals surface area (Å²) < 4.78 is 6.16. The molecule has 1 heterocycles. The van der Waals surface area contributed by atoms with E-state index in [1.165, 1.54) is 38.5 Å². The van der Waals surface area contributed by atoms with Crippen LogP contribution in [0.2, 0.25) is 0 Å². The Morgan fingerprint density at radius 1 is 1.24 bits per heavy atom. The van der Waals surface area contributed by atoms with Crippen LogP contribution in [0.3, 0.4) is 0 Å². The minimum absolute atomic E-state index is 0.0335. The average molecular weight is 239 g/mol. The molecule has 0 aromatic heterocycles. The predicted molar refractivity (Wildman–Crippen MR) is 71.9 cm³/mol. The maximum Gasteiger partial charge on any atom is 0.0685 e. The molecule has 1 aliphatic carbocycles. The summed E-state index contributed by atoms with van der Waals surface area (Å²) in [5.41, 5.74) is 6.73. The lowest BCUT2D eigenvalue weighted by Crippen LogP contribution is -2.55. The molecule has 2 heteroatoms. The number of hydrogen-bond donors (Lipinski definition) is 1. The van der Waals surface area contributed by atoms with Gasteiger partial charge < -0.3 is 10.5 Å². The molecule has 2 rings (SSSR count). The lowest BCUT2D eigenvalue weighted by molar-refractivity contribution is -0.129. The van der Waals surface area contributed by atoms with Gasteiger partial charge in [-0.05, 0) is 44.4 Å². The fraction of sp³-hybridized carbons (Fsp3) is 1.00. The molecule has 2 nitrogen and oxygen atoms in total. The maximum atomic E-state index is 6.57. The molecule has 0 aromatic rings. The molecule has 2 atom stereocenters. The van der Waals surface area contributed by atoms with Gasteiger partial charge in [-0.3, -0.25) is 0 Å². The van der Waals surface area contributed by atoms with Crippen LogP contribution < -0.4 is 5.73 Å². The molecule has 0 amide bonds. The molecular weight excluding hydrogens is 210 g/mol. The summed E-state index contributed by atoms with van der Waals surface area (Å²) in [6.45, 7) is 7.67. The summed E-state index contributed by atoms with van der Waals surface area (Å²) in [5, 5.41) is 0. The van der Waals surface area contributed by atoms with Gasteiger partial charge in [0.05, 0.1) is 5.60 Å². The highest BCUT2D eigenvalue weighted by atomic mass is 16.5. The summed E-state index contributed by atoms with van der Waals surface area (Å²) in [4.78, 5) is 0. The Kier molecular flexibility index (Phi) is 3.84. The quantitative estimate of drug-likeness (QED) is 0.800. The molecule has 2 aliphatic rings. The Hall–Kier alpha value is -0.0800. The molecule has 2 N–H and O–H groups in total. The predicted octanol–water partition coefficient (Wildman–Crippen LogP) is 3.49. The lowest BCUT2D eigenvalue weighted by atomic mass is 9.67. The second kappa shape index (κ2) is 4.89. The van der Waals surface area contributed by atoms with Crippen LogP contribution in [-0.2, 0) is 4.74 Å². The van der Waals surface area contributed by atoms with Gasteiger partial charge in [0.25, 0.3) is 0 Å². The molecule has 17 heavy (non-hydrogen) atoms. The molecule has 1 saturated carbocycles.